The van der Waals surface area contributed by atoms with Gasteiger partial charge in [0.2, 0.25) is 0 Å². The van der Waals surface area contributed by atoms with Gasteiger partial charge in [0.05, 0.1) is 0 Å². The van der Waals surface area contributed by atoms with Crippen LogP contribution in [0, 0.1) is 0 Å². The van der Waals surface area contributed by atoms with Gasteiger partial charge in [-0.25, -0.2) is 4.98 Å². The molecule has 0 aromatic carbocycles. The molecule has 17 heavy (non-hydrogen) atoms. The van der Waals surface area contributed by atoms with Gasteiger partial charge in [-0.1, -0.05) is 30.9 Å². The summed E-state index contributed by atoms with van der Waals surface area (Å²) in [6, 6.07) is 3.54. The van der Waals surface area contributed by atoms with Crippen LogP contribution in [0.4, 0.5) is 0 Å². The van der Waals surface area contributed by atoms with Crippen LogP contribution in [0.2, 0.25) is 5.02 Å². The van der Waals surface area contributed by atoms with Crippen LogP contribution in [0.25, 0.3) is 0 Å². The molecule has 0 unspecified atom stereocenters. The molecule has 1 aliphatic carbocycles. The van der Waals surface area contributed by atoms with Gasteiger partial charge in [-0.05, 0) is 40.9 Å². The van der Waals surface area contributed by atoms with Gasteiger partial charge in [0.15, 0.2) is 0 Å². The van der Waals surface area contributed by atoms with Gasteiger partial charge in [0, 0.05) is 11.1 Å². The van der Waals surface area contributed by atoms with Crippen molar-refractivity contribution in [2.45, 2.75) is 38.1 Å². The molecule has 0 aliphatic heterocycles. The number of carbonyl (C=O) groups is 1. The molecule has 1 N–H and O–H groups in total. The Labute approximate surface area is 114 Å². The Morgan fingerprint density at radius 1 is 1.35 bits per heavy atom. The lowest BCUT2D eigenvalue weighted by Crippen LogP contribution is -2.36. The molecule has 92 valence electrons. The zero-order valence-corrected chi connectivity index (χ0v) is 11.7. The summed E-state index contributed by atoms with van der Waals surface area (Å²) >= 11 is 9.12. The monoisotopic (exact) mass is 316 g/mol. The summed E-state index contributed by atoms with van der Waals surface area (Å²) in [5.74, 6) is -0.139. The maximum Gasteiger partial charge on any atom is 0.270 e. The Bertz CT molecular complexity index is 399. The summed E-state index contributed by atoms with van der Waals surface area (Å²) in [4.78, 5) is 16.1. The second kappa shape index (κ2) is 5.83. The molecule has 3 nitrogen and oxygen atoms in total. The highest BCUT2D eigenvalue weighted by atomic mass is 79.9. The number of hydrogen-bond donors (Lipinski definition) is 1. The van der Waals surface area contributed by atoms with E-state index in [4.69, 9.17) is 11.6 Å². The first-order valence-corrected chi connectivity index (χ1v) is 6.96. The maximum atomic E-state index is 12.0. The molecule has 0 bridgehead atoms. The van der Waals surface area contributed by atoms with Crippen molar-refractivity contribution in [2.75, 3.05) is 0 Å². The van der Waals surface area contributed by atoms with E-state index in [0.717, 1.165) is 12.8 Å². The molecule has 1 aromatic rings. The maximum absolute atomic E-state index is 12.0. The van der Waals surface area contributed by atoms with Gasteiger partial charge in [-0.3, -0.25) is 4.79 Å². The standard InChI is InChI=1S/C12H14BrClN2O/c13-11-7-8(14)6-10(16-11)12(17)15-9-4-2-1-3-5-9/h6-7,9H,1-5H2,(H,15,17). The molecule has 1 amide bonds. The summed E-state index contributed by atoms with van der Waals surface area (Å²) in [6.45, 7) is 0. The molecule has 0 atom stereocenters. The molecule has 0 spiro atoms. The van der Waals surface area contributed by atoms with Gasteiger partial charge in [0.1, 0.15) is 10.3 Å². The van der Waals surface area contributed by atoms with Crippen LogP contribution in [0.5, 0.6) is 0 Å². The molecule has 0 radical (unpaired) electrons. The fourth-order valence-corrected chi connectivity index (χ4v) is 2.86. The summed E-state index contributed by atoms with van der Waals surface area (Å²) in [6.07, 6.45) is 5.78. The van der Waals surface area contributed by atoms with Crippen molar-refractivity contribution >= 4 is 33.4 Å². The summed E-state index contributed by atoms with van der Waals surface area (Å²) in [5.41, 5.74) is 0.370. The minimum Gasteiger partial charge on any atom is -0.348 e. The van der Waals surface area contributed by atoms with E-state index in [1.165, 1.54) is 19.3 Å². The van der Waals surface area contributed by atoms with E-state index in [9.17, 15) is 4.79 Å². The first kappa shape index (κ1) is 12.8. The quantitative estimate of drug-likeness (QED) is 0.847. The van der Waals surface area contributed by atoms with Crippen molar-refractivity contribution in [1.82, 2.24) is 10.3 Å². The number of aromatic nitrogens is 1. The van der Waals surface area contributed by atoms with Crippen LogP contribution >= 0.6 is 27.5 Å². The first-order chi connectivity index (χ1) is 8.15. The highest BCUT2D eigenvalue weighted by Gasteiger charge is 2.17. The Balaban J connectivity index is 2.03. The number of rotatable bonds is 2. The lowest BCUT2D eigenvalue weighted by Gasteiger charge is -2.22. The van der Waals surface area contributed by atoms with Gasteiger partial charge in [-0.2, -0.15) is 0 Å². The number of amides is 1. The van der Waals surface area contributed by atoms with E-state index in [-0.39, 0.29) is 11.9 Å². The fraction of sp³-hybridized carbons (Fsp3) is 0.500. The average molecular weight is 318 g/mol. The topological polar surface area (TPSA) is 42.0 Å². The second-order valence-electron chi connectivity index (χ2n) is 4.30. The van der Waals surface area contributed by atoms with E-state index in [1.807, 2.05) is 0 Å². The second-order valence-corrected chi connectivity index (χ2v) is 5.55. The highest BCUT2D eigenvalue weighted by molar-refractivity contribution is 9.10. The molecule has 1 heterocycles. The zero-order valence-electron chi connectivity index (χ0n) is 9.38. The lowest BCUT2D eigenvalue weighted by molar-refractivity contribution is 0.0922. The van der Waals surface area contributed by atoms with E-state index in [1.54, 1.807) is 12.1 Å². The summed E-state index contributed by atoms with van der Waals surface area (Å²) < 4.78 is 0.582. The van der Waals surface area contributed by atoms with Crippen molar-refractivity contribution in [3.05, 3.63) is 27.5 Å². The normalized spacial score (nSPS) is 16.8. The Morgan fingerprint density at radius 2 is 2.06 bits per heavy atom. The molecule has 1 aromatic heterocycles. The van der Waals surface area contributed by atoms with Gasteiger partial charge >= 0.3 is 0 Å². The van der Waals surface area contributed by atoms with Crippen LogP contribution in [-0.2, 0) is 0 Å². The smallest absolute Gasteiger partial charge is 0.270 e. The van der Waals surface area contributed by atoms with Crippen molar-refractivity contribution in [2.24, 2.45) is 0 Å². The van der Waals surface area contributed by atoms with Crippen LogP contribution in [0.15, 0.2) is 16.7 Å². The third-order valence-electron chi connectivity index (χ3n) is 2.93. The van der Waals surface area contributed by atoms with Crippen molar-refractivity contribution in [1.29, 1.82) is 0 Å². The molecule has 1 fully saturated rings. The molecular formula is C12H14BrClN2O. The van der Waals surface area contributed by atoms with Crippen LogP contribution in [0.1, 0.15) is 42.6 Å². The van der Waals surface area contributed by atoms with Crippen molar-refractivity contribution < 1.29 is 4.79 Å². The Kier molecular flexibility index (Phi) is 4.40. The van der Waals surface area contributed by atoms with Crippen molar-refractivity contribution in [3.8, 4) is 0 Å². The van der Waals surface area contributed by atoms with Crippen LogP contribution in [-0.4, -0.2) is 16.9 Å². The molecular weight excluding hydrogens is 304 g/mol. The first-order valence-electron chi connectivity index (χ1n) is 5.79. The van der Waals surface area contributed by atoms with E-state index < -0.39 is 0 Å². The molecule has 0 saturated heterocycles. The molecule has 1 aliphatic rings. The Hall–Kier alpha value is -0.610. The highest BCUT2D eigenvalue weighted by Crippen LogP contribution is 2.19. The predicted octanol–water partition coefficient (Wildman–Crippen LogP) is 3.56. The van der Waals surface area contributed by atoms with Crippen LogP contribution < -0.4 is 5.32 Å². The third-order valence-corrected chi connectivity index (χ3v) is 3.56. The molecule has 1 saturated carbocycles. The predicted molar refractivity (Wildman–Crippen MR) is 71.3 cm³/mol. The average Bonchev–Trinajstić information content (AvgIpc) is 2.29. The number of pyridine rings is 1. The number of halogens is 2. The van der Waals surface area contributed by atoms with Gasteiger partial charge in [0.25, 0.3) is 5.91 Å². The van der Waals surface area contributed by atoms with Crippen LogP contribution in [0.3, 0.4) is 0 Å². The van der Waals surface area contributed by atoms with E-state index >= 15 is 0 Å². The van der Waals surface area contributed by atoms with E-state index in [2.05, 4.69) is 26.2 Å². The summed E-state index contributed by atoms with van der Waals surface area (Å²) in [7, 11) is 0. The summed E-state index contributed by atoms with van der Waals surface area (Å²) in [5, 5.41) is 3.52. The SMILES string of the molecule is O=C(NC1CCCCC1)c1cc(Cl)cc(Br)n1. The Morgan fingerprint density at radius 3 is 2.71 bits per heavy atom. The third kappa shape index (κ3) is 3.68. The lowest BCUT2D eigenvalue weighted by atomic mass is 9.95. The molecule has 5 heteroatoms. The minimum atomic E-state index is -0.139. The van der Waals surface area contributed by atoms with Gasteiger partial charge < -0.3 is 5.32 Å². The number of carbonyl (C=O) groups excluding carboxylic acids is 1. The van der Waals surface area contributed by atoms with Gasteiger partial charge in [-0.15, -0.1) is 0 Å². The number of nitrogens with zero attached hydrogens (tertiary/aromatic N) is 1. The minimum absolute atomic E-state index is 0.139. The number of nitrogens with one attached hydrogen (secondary N) is 1. The van der Waals surface area contributed by atoms with E-state index in [0.29, 0.717) is 15.3 Å². The largest absolute Gasteiger partial charge is 0.348 e. The zero-order chi connectivity index (χ0) is 12.3. The van der Waals surface area contributed by atoms with Crippen molar-refractivity contribution in [3.63, 3.8) is 0 Å². The fourth-order valence-electron chi connectivity index (χ4n) is 2.09. The number of hydrogen-bond acceptors (Lipinski definition) is 2. The molecule has 2 rings (SSSR count).